The van der Waals surface area contributed by atoms with Gasteiger partial charge in [0.2, 0.25) is 5.95 Å². The number of ether oxygens (including phenoxy) is 2. The van der Waals surface area contributed by atoms with Crippen LogP contribution >= 0.6 is 0 Å². The second-order valence-electron chi connectivity index (χ2n) is 5.09. The number of nitrogens with two attached hydrogens (primary N) is 1. The number of nitrogens with zero attached hydrogens (tertiary/aromatic N) is 3. The Morgan fingerprint density at radius 1 is 1.08 bits per heavy atom. The van der Waals surface area contributed by atoms with Crippen molar-refractivity contribution < 1.29 is 14.4 Å². The van der Waals surface area contributed by atoms with Crippen LogP contribution in [0, 0.1) is 10.1 Å². The van der Waals surface area contributed by atoms with Gasteiger partial charge in [-0.3, -0.25) is 10.1 Å². The Balaban J connectivity index is 1.98. The molecular formula is C16H15N5O4. The topological polar surface area (TPSA) is 125 Å². The summed E-state index contributed by atoms with van der Waals surface area (Å²) in [6, 6.07) is 9.32. The van der Waals surface area contributed by atoms with Crippen LogP contribution in [0.1, 0.15) is 0 Å². The number of hydrogen-bond acceptors (Lipinski definition) is 8. The fraction of sp³-hybridized carbons (Fsp3) is 0.125. The Morgan fingerprint density at radius 2 is 1.72 bits per heavy atom. The standard InChI is InChI=1S/C16H15N5O4/c1-24-13-7-11-12(8-14(13)25-2)19-16(20-15(11)17)18-9-3-5-10(6-4-9)21(22)23/h3-8H,1-2H3,(H3,17,18,19,20). The van der Waals surface area contributed by atoms with Crippen LogP contribution in [-0.2, 0) is 0 Å². The summed E-state index contributed by atoms with van der Waals surface area (Å²) in [5.74, 6) is 1.59. The van der Waals surface area contributed by atoms with Crippen LogP contribution in [0.4, 0.5) is 23.1 Å². The summed E-state index contributed by atoms with van der Waals surface area (Å²) in [4.78, 5) is 18.8. The first kappa shape index (κ1) is 16.2. The van der Waals surface area contributed by atoms with Gasteiger partial charge in [0.05, 0.1) is 24.7 Å². The van der Waals surface area contributed by atoms with E-state index in [2.05, 4.69) is 15.3 Å². The maximum atomic E-state index is 10.7. The zero-order valence-corrected chi connectivity index (χ0v) is 13.5. The number of non-ortho nitro benzene ring substituents is 1. The largest absolute Gasteiger partial charge is 0.493 e. The molecule has 3 rings (SSSR count). The molecule has 0 amide bonds. The first-order valence-electron chi connectivity index (χ1n) is 7.22. The van der Waals surface area contributed by atoms with Crippen LogP contribution in [0.5, 0.6) is 11.5 Å². The van der Waals surface area contributed by atoms with Crippen molar-refractivity contribution in [3.63, 3.8) is 0 Å². The third-order valence-corrected chi connectivity index (χ3v) is 3.56. The fourth-order valence-corrected chi connectivity index (χ4v) is 2.33. The molecule has 0 unspecified atom stereocenters. The SMILES string of the molecule is COc1cc2nc(Nc3ccc([N+](=O)[O-])cc3)nc(N)c2cc1OC. The summed E-state index contributed by atoms with van der Waals surface area (Å²) in [6.45, 7) is 0. The Kier molecular flexibility index (Phi) is 4.21. The minimum absolute atomic E-state index is 0.00123. The summed E-state index contributed by atoms with van der Waals surface area (Å²) < 4.78 is 10.5. The Bertz CT molecular complexity index is 943. The number of fused-ring (bicyclic) bond motifs is 1. The monoisotopic (exact) mass is 341 g/mol. The molecule has 0 bridgehead atoms. The van der Waals surface area contributed by atoms with Crippen molar-refractivity contribution in [2.75, 3.05) is 25.3 Å². The summed E-state index contributed by atoms with van der Waals surface area (Å²) >= 11 is 0. The lowest BCUT2D eigenvalue weighted by Crippen LogP contribution is -2.02. The summed E-state index contributed by atoms with van der Waals surface area (Å²) in [5, 5.41) is 14.3. The Labute approximate surface area is 142 Å². The molecule has 128 valence electrons. The van der Waals surface area contributed by atoms with Gasteiger partial charge in [0, 0.05) is 29.3 Å². The maximum absolute atomic E-state index is 10.7. The smallest absolute Gasteiger partial charge is 0.269 e. The van der Waals surface area contributed by atoms with Gasteiger partial charge in [-0.25, -0.2) is 4.98 Å². The van der Waals surface area contributed by atoms with E-state index in [0.717, 1.165) is 0 Å². The van der Waals surface area contributed by atoms with Gasteiger partial charge in [0.1, 0.15) is 5.82 Å². The highest BCUT2D eigenvalue weighted by atomic mass is 16.6. The van der Waals surface area contributed by atoms with E-state index in [9.17, 15) is 10.1 Å². The number of methoxy groups -OCH3 is 2. The van der Waals surface area contributed by atoms with Crippen molar-refractivity contribution in [1.82, 2.24) is 9.97 Å². The number of nitrogen functional groups attached to an aromatic ring is 1. The Hall–Kier alpha value is -3.62. The van der Waals surface area contributed by atoms with Crippen LogP contribution < -0.4 is 20.5 Å². The van der Waals surface area contributed by atoms with E-state index in [1.54, 1.807) is 24.3 Å². The fourth-order valence-electron chi connectivity index (χ4n) is 2.33. The lowest BCUT2D eigenvalue weighted by atomic mass is 10.2. The van der Waals surface area contributed by atoms with E-state index in [4.69, 9.17) is 15.2 Å². The van der Waals surface area contributed by atoms with Crippen molar-refractivity contribution >= 4 is 34.0 Å². The van der Waals surface area contributed by atoms with Gasteiger partial charge in [-0.2, -0.15) is 4.98 Å². The number of nitrogens with one attached hydrogen (secondary N) is 1. The van der Waals surface area contributed by atoms with E-state index < -0.39 is 4.92 Å². The lowest BCUT2D eigenvalue weighted by Gasteiger charge is -2.11. The molecule has 2 aromatic carbocycles. The van der Waals surface area contributed by atoms with Gasteiger partial charge in [-0.15, -0.1) is 0 Å². The van der Waals surface area contributed by atoms with Gasteiger partial charge in [0.15, 0.2) is 11.5 Å². The number of aromatic nitrogens is 2. The highest BCUT2D eigenvalue weighted by Gasteiger charge is 2.12. The molecule has 0 atom stereocenters. The first-order chi connectivity index (χ1) is 12.0. The quantitative estimate of drug-likeness (QED) is 0.536. The highest BCUT2D eigenvalue weighted by Crippen LogP contribution is 2.34. The number of nitro groups is 1. The average Bonchev–Trinajstić information content (AvgIpc) is 2.61. The minimum Gasteiger partial charge on any atom is -0.493 e. The molecule has 0 aliphatic carbocycles. The molecular weight excluding hydrogens is 326 g/mol. The minimum atomic E-state index is -0.464. The van der Waals surface area contributed by atoms with E-state index in [-0.39, 0.29) is 17.5 Å². The molecule has 0 saturated heterocycles. The van der Waals surface area contributed by atoms with Crippen LogP contribution in [-0.4, -0.2) is 29.1 Å². The van der Waals surface area contributed by atoms with Crippen LogP contribution in [0.2, 0.25) is 0 Å². The molecule has 0 fully saturated rings. The lowest BCUT2D eigenvalue weighted by molar-refractivity contribution is -0.384. The van der Waals surface area contributed by atoms with Gasteiger partial charge in [-0.1, -0.05) is 0 Å². The highest BCUT2D eigenvalue weighted by molar-refractivity contribution is 5.92. The zero-order valence-electron chi connectivity index (χ0n) is 13.5. The molecule has 9 heteroatoms. The molecule has 0 spiro atoms. The van der Waals surface area contributed by atoms with Crippen molar-refractivity contribution in [2.24, 2.45) is 0 Å². The number of benzene rings is 2. The predicted octanol–water partition coefficient (Wildman–Crippen LogP) is 2.88. The molecule has 3 aromatic rings. The summed E-state index contributed by atoms with van der Waals surface area (Å²) in [5.41, 5.74) is 7.19. The van der Waals surface area contributed by atoms with E-state index in [1.165, 1.54) is 26.4 Å². The van der Waals surface area contributed by atoms with Crippen molar-refractivity contribution in [3.05, 3.63) is 46.5 Å². The zero-order chi connectivity index (χ0) is 18.0. The molecule has 0 aliphatic heterocycles. The van der Waals surface area contributed by atoms with Crippen LogP contribution in [0.15, 0.2) is 36.4 Å². The third-order valence-electron chi connectivity index (χ3n) is 3.56. The van der Waals surface area contributed by atoms with Crippen LogP contribution in [0.25, 0.3) is 10.9 Å². The van der Waals surface area contributed by atoms with Gasteiger partial charge in [0.25, 0.3) is 5.69 Å². The van der Waals surface area contributed by atoms with Crippen molar-refractivity contribution in [3.8, 4) is 11.5 Å². The predicted molar refractivity (Wildman–Crippen MR) is 93.4 cm³/mol. The van der Waals surface area contributed by atoms with Crippen LogP contribution in [0.3, 0.4) is 0 Å². The normalized spacial score (nSPS) is 10.5. The summed E-state index contributed by atoms with van der Waals surface area (Å²) in [6.07, 6.45) is 0. The molecule has 25 heavy (non-hydrogen) atoms. The summed E-state index contributed by atoms with van der Waals surface area (Å²) in [7, 11) is 3.06. The van der Waals surface area contributed by atoms with E-state index in [1.807, 2.05) is 0 Å². The van der Waals surface area contributed by atoms with Gasteiger partial charge >= 0.3 is 0 Å². The maximum Gasteiger partial charge on any atom is 0.269 e. The molecule has 0 saturated carbocycles. The molecule has 0 aliphatic rings. The number of hydrogen-bond donors (Lipinski definition) is 2. The van der Waals surface area contributed by atoms with Gasteiger partial charge < -0.3 is 20.5 Å². The molecule has 1 aromatic heterocycles. The molecule has 9 nitrogen and oxygen atoms in total. The van der Waals surface area contributed by atoms with Gasteiger partial charge in [-0.05, 0) is 18.2 Å². The van der Waals surface area contributed by atoms with Crippen molar-refractivity contribution in [1.29, 1.82) is 0 Å². The van der Waals surface area contributed by atoms with E-state index >= 15 is 0 Å². The Morgan fingerprint density at radius 3 is 2.32 bits per heavy atom. The molecule has 1 heterocycles. The average molecular weight is 341 g/mol. The second-order valence-corrected chi connectivity index (χ2v) is 5.09. The number of nitro benzene ring substituents is 1. The number of anilines is 3. The van der Waals surface area contributed by atoms with Crippen molar-refractivity contribution in [2.45, 2.75) is 0 Å². The second kappa shape index (κ2) is 6.48. The first-order valence-corrected chi connectivity index (χ1v) is 7.22. The molecule has 3 N–H and O–H groups in total. The molecule has 0 radical (unpaired) electrons. The number of rotatable bonds is 5. The van der Waals surface area contributed by atoms with E-state index in [0.29, 0.717) is 28.1 Å². The third kappa shape index (κ3) is 3.20.